The van der Waals surface area contributed by atoms with Gasteiger partial charge in [0.15, 0.2) is 0 Å². The number of rotatable bonds is 5. The van der Waals surface area contributed by atoms with E-state index in [-0.39, 0.29) is 23.8 Å². The molecule has 0 bridgehead atoms. The summed E-state index contributed by atoms with van der Waals surface area (Å²) in [5.41, 5.74) is 0. The molecule has 2 amide bonds. The number of hydrogen-bond donors (Lipinski definition) is 1. The topological polar surface area (TPSA) is 61.9 Å². The zero-order valence-corrected chi connectivity index (χ0v) is 14.2. The van der Waals surface area contributed by atoms with Crippen LogP contribution in [0.25, 0.3) is 0 Å². The molecule has 2 fully saturated rings. The van der Waals surface area contributed by atoms with Crippen LogP contribution in [0.3, 0.4) is 0 Å². The van der Waals surface area contributed by atoms with Gasteiger partial charge in [0.2, 0.25) is 11.8 Å². The lowest BCUT2D eigenvalue weighted by atomic mass is 9.98. The zero-order chi connectivity index (χ0) is 16.2. The highest BCUT2D eigenvalue weighted by atomic mass is 32.1. The SMILES string of the molecule is CN1C(=O)CC(C(=O)NCCN2CCOCC2)C1c1cccs1. The third kappa shape index (κ3) is 3.73. The Morgan fingerprint density at radius 1 is 1.43 bits per heavy atom. The summed E-state index contributed by atoms with van der Waals surface area (Å²) < 4.78 is 5.32. The van der Waals surface area contributed by atoms with Crippen molar-refractivity contribution < 1.29 is 14.3 Å². The Kier molecular flexibility index (Phi) is 5.30. The highest BCUT2D eigenvalue weighted by molar-refractivity contribution is 7.10. The van der Waals surface area contributed by atoms with Crippen LogP contribution in [0.2, 0.25) is 0 Å². The minimum Gasteiger partial charge on any atom is -0.379 e. The van der Waals surface area contributed by atoms with E-state index in [4.69, 9.17) is 4.74 Å². The van der Waals surface area contributed by atoms with Gasteiger partial charge in [-0.1, -0.05) is 6.07 Å². The molecule has 2 aliphatic heterocycles. The predicted octanol–water partition coefficient (Wildman–Crippen LogP) is 0.716. The maximum absolute atomic E-state index is 12.6. The first-order valence-corrected chi connectivity index (χ1v) is 8.91. The van der Waals surface area contributed by atoms with Gasteiger partial charge < -0.3 is 15.0 Å². The average molecular weight is 337 g/mol. The van der Waals surface area contributed by atoms with Crippen molar-refractivity contribution in [3.63, 3.8) is 0 Å². The van der Waals surface area contributed by atoms with Crippen molar-refractivity contribution in [2.45, 2.75) is 12.5 Å². The lowest BCUT2D eigenvalue weighted by Crippen LogP contribution is -2.43. The second-order valence-corrected chi connectivity index (χ2v) is 7.00. The minimum atomic E-state index is -0.296. The molecule has 7 heteroatoms. The number of nitrogens with one attached hydrogen (secondary N) is 1. The van der Waals surface area contributed by atoms with Crippen LogP contribution in [0.5, 0.6) is 0 Å². The first-order valence-electron chi connectivity index (χ1n) is 8.03. The molecule has 2 atom stereocenters. The van der Waals surface area contributed by atoms with Crippen LogP contribution >= 0.6 is 11.3 Å². The molecule has 1 N–H and O–H groups in total. The quantitative estimate of drug-likeness (QED) is 0.860. The van der Waals surface area contributed by atoms with Crippen LogP contribution in [-0.2, 0) is 14.3 Å². The normalized spacial score (nSPS) is 25.8. The van der Waals surface area contributed by atoms with Crippen molar-refractivity contribution in [3.8, 4) is 0 Å². The van der Waals surface area contributed by atoms with Gasteiger partial charge in [0.25, 0.3) is 0 Å². The molecule has 0 saturated carbocycles. The van der Waals surface area contributed by atoms with Crippen LogP contribution in [-0.4, -0.2) is 68.1 Å². The molecule has 3 heterocycles. The molecule has 126 valence electrons. The third-order valence-electron chi connectivity index (χ3n) is 4.59. The third-order valence-corrected chi connectivity index (χ3v) is 5.53. The van der Waals surface area contributed by atoms with E-state index in [0.717, 1.165) is 37.7 Å². The van der Waals surface area contributed by atoms with Crippen LogP contribution in [0.1, 0.15) is 17.3 Å². The van der Waals surface area contributed by atoms with Crippen LogP contribution in [0.15, 0.2) is 17.5 Å². The van der Waals surface area contributed by atoms with Gasteiger partial charge in [-0.3, -0.25) is 14.5 Å². The number of carbonyl (C=O) groups is 2. The summed E-state index contributed by atoms with van der Waals surface area (Å²) in [5, 5.41) is 4.99. The van der Waals surface area contributed by atoms with E-state index in [1.165, 1.54) is 0 Å². The number of likely N-dealkylation sites (tertiary alicyclic amines) is 1. The van der Waals surface area contributed by atoms with Crippen molar-refractivity contribution in [2.24, 2.45) is 5.92 Å². The zero-order valence-electron chi connectivity index (χ0n) is 13.4. The van der Waals surface area contributed by atoms with Crippen molar-refractivity contribution in [1.29, 1.82) is 0 Å². The van der Waals surface area contributed by atoms with Crippen LogP contribution in [0.4, 0.5) is 0 Å². The molecule has 1 aromatic heterocycles. The molecule has 0 radical (unpaired) electrons. The number of amides is 2. The Morgan fingerprint density at radius 3 is 2.91 bits per heavy atom. The van der Waals surface area contributed by atoms with E-state index < -0.39 is 0 Å². The minimum absolute atomic E-state index is 0.0191. The maximum Gasteiger partial charge on any atom is 0.226 e. The first kappa shape index (κ1) is 16.4. The smallest absolute Gasteiger partial charge is 0.226 e. The molecule has 0 aromatic carbocycles. The number of carbonyl (C=O) groups excluding carboxylic acids is 2. The average Bonchev–Trinajstić information content (AvgIpc) is 3.17. The van der Waals surface area contributed by atoms with Gasteiger partial charge >= 0.3 is 0 Å². The Bertz CT molecular complexity index is 543. The lowest BCUT2D eigenvalue weighted by molar-refractivity contribution is -0.128. The van der Waals surface area contributed by atoms with Gasteiger partial charge in [0.1, 0.15) is 0 Å². The molecule has 2 unspecified atom stereocenters. The fourth-order valence-electron chi connectivity index (χ4n) is 3.25. The number of hydrogen-bond acceptors (Lipinski definition) is 5. The second-order valence-electron chi connectivity index (χ2n) is 6.02. The van der Waals surface area contributed by atoms with Crippen molar-refractivity contribution in [1.82, 2.24) is 15.1 Å². The predicted molar refractivity (Wildman–Crippen MR) is 88.2 cm³/mol. The second kappa shape index (κ2) is 7.42. The Morgan fingerprint density at radius 2 is 2.22 bits per heavy atom. The lowest BCUT2D eigenvalue weighted by Gasteiger charge is -2.27. The van der Waals surface area contributed by atoms with E-state index >= 15 is 0 Å². The van der Waals surface area contributed by atoms with Crippen molar-refractivity contribution >= 4 is 23.2 Å². The summed E-state index contributed by atoms with van der Waals surface area (Å²) in [4.78, 5) is 29.7. The van der Waals surface area contributed by atoms with Crippen LogP contribution in [0, 0.1) is 5.92 Å². The van der Waals surface area contributed by atoms with Crippen molar-refractivity contribution in [2.75, 3.05) is 46.4 Å². The fourth-order valence-corrected chi connectivity index (χ4v) is 4.18. The summed E-state index contributed by atoms with van der Waals surface area (Å²) in [6.45, 7) is 4.79. The molecule has 3 rings (SSSR count). The Labute approximate surface area is 140 Å². The van der Waals surface area contributed by atoms with E-state index in [2.05, 4.69) is 10.2 Å². The number of nitrogens with zero attached hydrogens (tertiary/aromatic N) is 2. The number of thiophene rings is 1. The molecule has 1 aromatic rings. The highest BCUT2D eigenvalue weighted by Crippen LogP contribution is 2.38. The van der Waals surface area contributed by atoms with Gasteiger partial charge in [-0.05, 0) is 11.4 Å². The van der Waals surface area contributed by atoms with Crippen LogP contribution < -0.4 is 5.32 Å². The molecule has 2 saturated heterocycles. The first-order chi connectivity index (χ1) is 11.2. The van der Waals surface area contributed by atoms with Crippen molar-refractivity contribution in [3.05, 3.63) is 22.4 Å². The number of ether oxygens (including phenoxy) is 1. The molecule has 2 aliphatic rings. The van der Waals surface area contributed by atoms with Gasteiger partial charge in [-0.25, -0.2) is 0 Å². The fraction of sp³-hybridized carbons (Fsp3) is 0.625. The molecule has 23 heavy (non-hydrogen) atoms. The summed E-state index contributed by atoms with van der Waals surface area (Å²) in [5.74, 6) is -0.276. The monoisotopic (exact) mass is 337 g/mol. The summed E-state index contributed by atoms with van der Waals surface area (Å²) in [6.07, 6.45) is 0.294. The molecule has 6 nitrogen and oxygen atoms in total. The Hall–Kier alpha value is -1.44. The summed E-state index contributed by atoms with van der Waals surface area (Å²) in [6, 6.07) is 3.83. The van der Waals surface area contributed by atoms with E-state index in [0.29, 0.717) is 13.0 Å². The highest BCUT2D eigenvalue weighted by Gasteiger charge is 2.43. The Balaban J connectivity index is 1.56. The largest absolute Gasteiger partial charge is 0.379 e. The molecule has 0 aliphatic carbocycles. The summed E-state index contributed by atoms with van der Waals surface area (Å²) in [7, 11) is 1.79. The van der Waals surface area contributed by atoms with Gasteiger partial charge in [0, 0.05) is 44.5 Å². The molecule has 0 spiro atoms. The molecular formula is C16H23N3O3S. The summed E-state index contributed by atoms with van der Waals surface area (Å²) >= 11 is 1.60. The van der Waals surface area contributed by atoms with E-state index in [1.54, 1.807) is 23.3 Å². The van der Waals surface area contributed by atoms with Gasteiger partial charge in [0.05, 0.1) is 25.2 Å². The van der Waals surface area contributed by atoms with E-state index in [1.807, 2.05) is 17.5 Å². The van der Waals surface area contributed by atoms with E-state index in [9.17, 15) is 9.59 Å². The number of morpholine rings is 1. The van der Waals surface area contributed by atoms with Gasteiger partial charge in [-0.2, -0.15) is 0 Å². The maximum atomic E-state index is 12.6. The standard InChI is InChI=1S/C16H23N3O3S/c1-18-14(20)11-12(15(18)13-3-2-10-23-13)16(21)17-4-5-19-6-8-22-9-7-19/h2-3,10,12,15H,4-9,11H2,1H3,(H,17,21). The molecular weight excluding hydrogens is 314 g/mol. The van der Waals surface area contributed by atoms with Gasteiger partial charge in [-0.15, -0.1) is 11.3 Å².